The molecule has 0 spiro atoms. The van der Waals surface area contributed by atoms with Gasteiger partial charge in [0.05, 0.1) is 6.61 Å². The van der Waals surface area contributed by atoms with E-state index in [1.807, 2.05) is 0 Å². The van der Waals surface area contributed by atoms with Crippen molar-refractivity contribution in [2.24, 2.45) is 5.73 Å². The van der Waals surface area contributed by atoms with Gasteiger partial charge in [-0.05, 0) is 50.3 Å². The molecule has 1 heterocycles. The summed E-state index contributed by atoms with van der Waals surface area (Å²) >= 11 is 0. The lowest BCUT2D eigenvalue weighted by Gasteiger charge is -2.18. The number of hydrogen-bond acceptors (Lipinski definition) is 2. The molecule has 0 aromatic heterocycles. The summed E-state index contributed by atoms with van der Waals surface area (Å²) in [5.74, 6) is 1.04. The molecule has 2 heteroatoms. The maximum Gasteiger partial charge on any atom is 0.127 e. The Balaban J connectivity index is 2.63. The first kappa shape index (κ1) is 10.5. The summed E-state index contributed by atoms with van der Waals surface area (Å²) in [4.78, 5) is 0. The Bertz CT molecular complexity index is 385. The average Bonchev–Trinajstić information content (AvgIpc) is 2.37. The fourth-order valence-corrected chi connectivity index (χ4v) is 2.34. The lowest BCUT2D eigenvalue weighted by Crippen LogP contribution is -2.11. The zero-order valence-electron chi connectivity index (χ0n) is 9.76. The van der Waals surface area contributed by atoms with Gasteiger partial charge in [0.1, 0.15) is 5.75 Å². The summed E-state index contributed by atoms with van der Waals surface area (Å²) in [6.45, 7) is 7.16. The normalized spacial score (nSPS) is 20.4. The molecule has 0 saturated heterocycles. The van der Waals surface area contributed by atoms with E-state index in [-0.39, 0.29) is 6.04 Å². The summed E-state index contributed by atoms with van der Waals surface area (Å²) in [7, 11) is 0. The highest BCUT2D eigenvalue weighted by Crippen LogP contribution is 2.36. The predicted molar refractivity (Wildman–Crippen MR) is 62.3 cm³/mol. The second kappa shape index (κ2) is 3.86. The van der Waals surface area contributed by atoms with Crippen molar-refractivity contribution in [3.05, 3.63) is 28.3 Å². The Hall–Kier alpha value is -1.02. The van der Waals surface area contributed by atoms with Crippen LogP contribution in [0.3, 0.4) is 0 Å². The van der Waals surface area contributed by atoms with E-state index in [1.54, 1.807) is 0 Å². The molecule has 1 atom stereocenters. The standard InChI is InChI=1S/C13H19NO/c1-8-7-9(2)12-11(14)5-4-6-15-13(12)10(8)3/h7,11H,4-6,14H2,1-3H3/t11-/m0/s1. The number of fused-ring (bicyclic) bond motifs is 1. The van der Waals surface area contributed by atoms with Gasteiger partial charge in [-0.15, -0.1) is 0 Å². The minimum atomic E-state index is 0.141. The van der Waals surface area contributed by atoms with Crippen LogP contribution in [-0.4, -0.2) is 6.61 Å². The minimum absolute atomic E-state index is 0.141. The molecule has 1 aromatic carbocycles. The molecule has 0 saturated carbocycles. The SMILES string of the molecule is Cc1cc(C)c2c(c1C)OCCC[C@@H]2N. The van der Waals surface area contributed by atoms with Gasteiger partial charge in [0, 0.05) is 11.6 Å². The van der Waals surface area contributed by atoms with Gasteiger partial charge in [-0.1, -0.05) is 6.07 Å². The molecule has 2 N–H and O–H groups in total. The van der Waals surface area contributed by atoms with Crippen LogP contribution >= 0.6 is 0 Å². The van der Waals surface area contributed by atoms with Crippen molar-refractivity contribution in [3.63, 3.8) is 0 Å². The van der Waals surface area contributed by atoms with Gasteiger partial charge in [-0.3, -0.25) is 0 Å². The van der Waals surface area contributed by atoms with E-state index in [0.717, 1.165) is 25.2 Å². The molecule has 0 radical (unpaired) electrons. The number of rotatable bonds is 0. The van der Waals surface area contributed by atoms with Gasteiger partial charge in [0.15, 0.2) is 0 Å². The van der Waals surface area contributed by atoms with Crippen LogP contribution in [-0.2, 0) is 0 Å². The summed E-state index contributed by atoms with van der Waals surface area (Å²) < 4.78 is 5.83. The quantitative estimate of drug-likeness (QED) is 0.707. The first-order valence-corrected chi connectivity index (χ1v) is 5.60. The fraction of sp³-hybridized carbons (Fsp3) is 0.538. The summed E-state index contributed by atoms with van der Waals surface area (Å²) in [5.41, 5.74) is 11.2. The van der Waals surface area contributed by atoms with Gasteiger partial charge >= 0.3 is 0 Å². The largest absolute Gasteiger partial charge is 0.493 e. The zero-order chi connectivity index (χ0) is 11.0. The van der Waals surface area contributed by atoms with Crippen LogP contribution in [0.4, 0.5) is 0 Å². The number of hydrogen-bond donors (Lipinski definition) is 1. The molecule has 2 rings (SSSR count). The summed E-state index contributed by atoms with van der Waals surface area (Å²) in [6.07, 6.45) is 2.07. The highest BCUT2D eigenvalue weighted by atomic mass is 16.5. The van der Waals surface area contributed by atoms with E-state index >= 15 is 0 Å². The minimum Gasteiger partial charge on any atom is -0.493 e. The predicted octanol–water partition coefficient (Wildman–Crippen LogP) is 2.78. The molecule has 1 aliphatic rings. The molecular weight excluding hydrogens is 186 g/mol. The first-order valence-electron chi connectivity index (χ1n) is 5.60. The monoisotopic (exact) mass is 205 g/mol. The van der Waals surface area contributed by atoms with Crippen molar-refractivity contribution >= 4 is 0 Å². The molecule has 1 aliphatic heterocycles. The number of nitrogens with two attached hydrogens (primary N) is 1. The smallest absolute Gasteiger partial charge is 0.127 e. The van der Waals surface area contributed by atoms with Crippen LogP contribution in [0.2, 0.25) is 0 Å². The van der Waals surface area contributed by atoms with Crippen LogP contribution < -0.4 is 10.5 Å². The van der Waals surface area contributed by atoms with Crippen molar-refractivity contribution < 1.29 is 4.74 Å². The Labute approximate surface area is 91.4 Å². The van der Waals surface area contributed by atoms with Crippen LogP contribution in [0.15, 0.2) is 6.07 Å². The van der Waals surface area contributed by atoms with E-state index in [2.05, 4.69) is 26.8 Å². The van der Waals surface area contributed by atoms with E-state index in [0.29, 0.717) is 0 Å². The van der Waals surface area contributed by atoms with Gasteiger partial charge in [0.25, 0.3) is 0 Å². The van der Waals surface area contributed by atoms with Gasteiger partial charge in [0.2, 0.25) is 0 Å². The first-order chi connectivity index (χ1) is 7.11. The molecule has 0 amide bonds. The molecular formula is C13H19NO. The van der Waals surface area contributed by atoms with E-state index < -0.39 is 0 Å². The van der Waals surface area contributed by atoms with Crippen molar-refractivity contribution in [2.75, 3.05) is 6.61 Å². The number of aryl methyl sites for hydroxylation is 2. The molecule has 1 aromatic rings. The van der Waals surface area contributed by atoms with Gasteiger partial charge in [-0.25, -0.2) is 0 Å². The second-order valence-electron chi connectivity index (χ2n) is 4.48. The fourth-order valence-electron chi connectivity index (χ4n) is 2.34. The molecule has 0 aliphatic carbocycles. The Morgan fingerprint density at radius 2 is 2.00 bits per heavy atom. The molecule has 0 unspecified atom stereocenters. The zero-order valence-corrected chi connectivity index (χ0v) is 9.76. The molecule has 0 bridgehead atoms. The Morgan fingerprint density at radius 3 is 2.73 bits per heavy atom. The Morgan fingerprint density at radius 1 is 1.27 bits per heavy atom. The number of benzene rings is 1. The van der Waals surface area contributed by atoms with Crippen LogP contribution in [0.25, 0.3) is 0 Å². The highest BCUT2D eigenvalue weighted by molar-refractivity contribution is 5.51. The maximum atomic E-state index is 6.19. The van der Waals surface area contributed by atoms with Gasteiger partial charge in [-0.2, -0.15) is 0 Å². The Kier molecular flexibility index (Phi) is 2.70. The summed E-state index contributed by atoms with van der Waals surface area (Å²) in [6, 6.07) is 2.35. The molecule has 2 nitrogen and oxygen atoms in total. The van der Waals surface area contributed by atoms with Crippen molar-refractivity contribution in [3.8, 4) is 5.75 Å². The number of ether oxygens (including phenoxy) is 1. The topological polar surface area (TPSA) is 35.2 Å². The van der Waals surface area contributed by atoms with E-state index in [4.69, 9.17) is 10.5 Å². The van der Waals surface area contributed by atoms with Crippen LogP contribution in [0, 0.1) is 20.8 Å². The third-order valence-electron chi connectivity index (χ3n) is 3.31. The van der Waals surface area contributed by atoms with E-state index in [9.17, 15) is 0 Å². The third-order valence-corrected chi connectivity index (χ3v) is 3.31. The molecule has 15 heavy (non-hydrogen) atoms. The van der Waals surface area contributed by atoms with Crippen LogP contribution in [0.5, 0.6) is 5.75 Å². The van der Waals surface area contributed by atoms with Crippen molar-refractivity contribution in [1.82, 2.24) is 0 Å². The lowest BCUT2D eigenvalue weighted by molar-refractivity contribution is 0.314. The third kappa shape index (κ3) is 1.74. The summed E-state index contributed by atoms with van der Waals surface area (Å²) in [5, 5.41) is 0. The average molecular weight is 205 g/mol. The molecule has 82 valence electrons. The van der Waals surface area contributed by atoms with E-state index in [1.165, 1.54) is 22.3 Å². The van der Waals surface area contributed by atoms with Gasteiger partial charge < -0.3 is 10.5 Å². The highest BCUT2D eigenvalue weighted by Gasteiger charge is 2.21. The lowest BCUT2D eigenvalue weighted by atomic mass is 9.93. The van der Waals surface area contributed by atoms with Crippen molar-refractivity contribution in [1.29, 1.82) is 0 Å². The maximum absolute atomic E-state index is 6.19. The second-order valence-corrected chi connectivity index (χ2v) is 4.48. The van der Waals surface area contributed by atoms with Crippen LogP contribution in [0.1, 0.15) is 41.1 Å². The molecule has 0 fully saturated rings. The van der Waals surface area contributed by atoms with Crippen molar-refractivity contribution in [2.45, 2.75) is 39.7 Å².